The molecule has 10 nitrogen and oxygen atoms in total. The predicted octanol–water partition coefficient (Wildman–Crippen LogP) is -1.52. The van der Waals surface area contributed by atoms with Crippen LogP contribution in [0.5, 0.6) is 0 Å². The summed E-state index contributed by atoms with van der Waals surface area (Å²) in [4.78, 5) is 48.0. The Hall–Kier alpha value is -1.85. The number of carbonyl (C=O) groups is 4. The third kappa shape index (κ3) is 8.03. The molecule has 0 rings (SSSR count). The highest BCUT2D eigenvalue weighted by Gasteiger charge is 2.31. The number of hydrogen-bond donors (Lipinski definition) is 7. The summed E-state index contributed by atoms with van der Waals surface area (Å²) < 4.78 is 0. The first-order valence-corrected chi connectivity index (χ1v) is 9.74. The van der Waals surface area contributed by atoms with E-state index in [0.29, 0.717) is 6.42 Å². The van der Waals surface area contributed by atoms with Gasteiger partial charge in [-0.15, -0.1) is 0 Å². The average molecular weight is 421 g/mol. The van der Waals surface area contributed by atoms with Crippen molar-refractivity contribution in [3.05, 3.63) is 0 Å². The van der Waals surface area contributed by atoms with Crippen LogP contribution < -0.4 is 21.7 Å². The SMILES string of the molecule is CCC(C)C(N)C(=O)NC(CO)C(=O)NC(CS)C(=O)NC(C(=O)O)C(C)C. The van der Waals surface area contributed by atoms with E-state index in [9.17, 15) is 24.3 Å². The maximum Gasteiger partial charge on any atom is 0.326 e. The molecule has 0 bridgehead atoms. The molecule has 7 N–H and O–H groups in total. The number of carboxylic acid groups (broad SMARTS) is 1. The molecule has 0 aliphatic heterocycles. The summed E-state index contributed by atoms with van der Waals surface area (Å²) in [5.74, 6) is -3.94. The molecule has 162 valence electrons. The highest BCUT2D eigenvalue weighted by Crippen LogP contribution is 2.06. The Morgan fingerprint density at radius 2 is 1.46 bits per heavy atom. The highest BCUT2D eigenvalue weighted by atomic mass is 32.1. The Balaban J connectivity index is 5.02. The molecular weight excluding hydrogens is 388 g/mol. The van der Waals surface area contributed by atoms with Crippen LogP contribution in [0, 0.1) is 11.8 Å². The number of hydrogen-bond acceptors (Lipinski definition) is 7. The van der Waals surface area contributed by atoms with Crippen molar-refractivity contribution >= 4 is 36.3 Å². The lowest BCUT2D eigenvalue weighted by atomic mass is 9.99. The Kier molecular flexibility index (Phi) is 11.7. The zero-order chi connectivity index (χ0) is 22.0. The van der Waals surface area contributed by atoms with Gasteiger partial charge in [-0.25, -0.2) is 4.79 Å². The molecule has 0 aromatic carbocycles. The van der Waals surface area contributed by atoms with E-state index >= 15 is 0 Å². The Bertz CT molecular complexity index is 560. The van der Waals surface area contributed by atoms with Gasteiger partial charge in [-0.3, -0.25) is 14.4 Å². The quantitative estimate of drug-likeness (QED) is 0.188. The van der Waals surface area contributed by atoms with Gasteiger partial charge >= 0.3 is 5.97 Å². The lowest BCUT2D eigenvalue weighted by Gasteiger charge is -2.25. The minimum absolute atomic E-state index is 0.111. The van der Waals surface area contributed by atoms with Crippen molar-refractivity contribution in [2.75, 3.05) is 12.4 Å². The van der Waals surface area contributed by atoms with Crippen molar-refractivity contribution in [2.24, 2.45) is 17.6 Å². The maximum absolute atomic E-state index is 12.3. The number of amides is 3. The van der Waals surface area contributed by atoms with Crippen LogP contribution in [0.4, 0.5) is 0 Å². The van der Waals surface area contributed by atoms with Crippen molar-refractivity contribution < 1.29 is 29.4 Å². The molecule has 0 spiro atoms. The van der Waals surface area contributed by atoms with Crippen molar-refractivity contribution in [1.29, 1.82) is 0 Å². The number of rotatable bonds is 12. The zero-order valence-corrected chi connectivity index (χ0v) is 17.5. The molecule has 0 aromatic rings. The van der Waals surface area contributed by atoms with Crippen LogP contribution in [0.25, 0.3) is 0 Å². The number of nitrogens with one attached hydrogen (secondary N) is 3. The summed E-state index contributed by atoms with van der Waals surface area (Å²) in [5, 5.41) is 25.6. The molecule has 0 aliphatic carbocycles. The first kappa shape index (κ1) is 26.1. The van der Waals surface area contributed by atoms with Gasteiger partial charge in [0.05, 0.1) is 12.6 Å². The molecular formula is C17H32N4O6S. The molecule has 0 aromatic heterocycles. The summed E-state index contributed by atoms with van der Waals surface area (Å²) in [5.41, 5.74) is 5.80. The Morgan fingerprint density at radius 1 is 0.964 bits per heavy atom. The third-order valence-corrected chi connectivity index (χ3v) is 4.79. The number of carboxylic acids is 1. The molecule has 5 unspecified atom stereocenters. The summed E-state index contributed by atoms with van der Waals surface area (Å²) >= 11 is 4.00. The minimum atomic E-state index is -1.31. The smallest absolute Gasteiger partial charge is 0.326 e. The lowest BCUT2D eigenvalue weighted by molar-refractivity contribution is -0.143. The van der Waals surface area contributed by atoms with Gasteiger partial charge in [-0.05, 0) is 11.8 Å². The number of carbonyl (C=O) groups excluding carboxylic acids is 3. The van der Waals surface area contributed by atoms with Gasteiger partial charge in [-0.1, -0.05) is 34.1 Å². The van der Waals surface area contributed by atoms with Gasteiger partial charge in [0.25, 0.3) is 0 Å². The van der Waals surface area contributed by atoms with Crippen LogP contribution in [0.3, 0.4) is 0 Å². The fourth-order valence-corrected chi connectivity index (χ4v) is 2.47. The van der Waals surface area contributed by atoms with Crippen molar-refractivity contribution in [3.8, 4) is 0 Å². The molecule has 0 fully saturated rings. The number of aliphatic carboxylic acids is 1. The standard InChI is InChI=1S/C17H32N4O6S/c1-5-9(4)12(18)16(25)19-10(6-22)14(23)20-11(7-28)15(24)21-13(8(2)3)17(26)27/h8-13,22,28H,5-7,18H2,1-4H3,(H,19,25)(H,20,23)(H,21,24)(H,26,27). The Morgan fingerprint density at radius 3 is 1.86 bits per heavy atom. The second-order valence-corrected chi connectivity index (χ2v) is 7.33. The molecule has 0 saturated heterocycles. The van der Waals surface area contributed by atoms with Crippen LogP contribution in [-0.4, -0.2) is 70.4 Å². The van der Waals surface area contributed by atoms with Crippen LogP contribution in [0.2, 0.25) is 0 Å². The van der Waals surface area contributed by atoms with E-state index in [1.807, 2.05) is 6.92 Å². The van der Waals surface area contributed by atoms with Crippen molar-refractivity contribution in [3.63, 3.8) is 0 Å². The molecule has 0 radical (unpaired) electrons. The number of thiol groups is 1. The molecule has 0 aliphatic rings. The summed E-state index contributed by atoms with van der Waals surface area (Å²) in [7, 11) is 0. The van der Waals surface area contributed by atoms with E-state index in [1.54, 1.807) is 20.8 Å². The summed E-state index contributed by atoms with van der Waals surface area (Å²) in [6, 6.07) is -4.43. The molecule has 0 saturated carbocycles. The zero-order valence-electron chi connectivity index (χ0n) is 16.6. The molecule has 0 heterocycles. The van der Waals surface area contributed by atoms with Crippen LogP contribution in [-0.2, 0) is 19.2 Å². The molecule has 3 amide bonds. The first-order chi connectivity index (χ1) is 13.0. The van der Waals surface area contributed by atoms with Gasteiger partial charge in [0.15, 0.2) is 0 Å². The van der Waals surface area contributed by atoms with E-state index in [2.05, 4.69) is 28.6 Å². The van der Waals surface area contributed by atoms with E-state index in [4.69, 9.17) is 10.8 Å². The van der Waals surface area contributed by atoms with E-state index < -0.39 is 54.5 Å². The lowest BCUT2D eigenvalue weighted by Crippen LogP contribution is -2.59. The fraction of sp³-hybridized carbons (Fsp3) is 0.765. The normalized spacial score (nSPS) is 16.4. The van der Waals surface area contributed by atoms with Crippen LogP contribution in [0.1, 0.15) is 34.1 Å². The van der Waals surface area contributed by atoms with Gasteiger partial charge in [-0.2, -0.15) is 12.6 Å². The molecule has 5 atom stereocenters. The van der Waals surface area contributed by atoms with Crippen LogP contribution >= 0.6 is 12.6 Å². The summed E-state index contributed by atoms with van der Waals surface area (Å²) in [6.45, 7) is 6.21. The fourth-order valence-electron chi connectivity index (χ4n) is 2.21. The maximum atomic E-state index is 12.3. The van der Waals surface area contributed by atoms with E-state index in [-0.39, 0.29) is 17.6 Å². The molecule has 28 heavy (non-hydrogen) atoms. The second kappa shape index (κ2) is 12.6. The monoisotopic (exact) mass is 420 g/mol. The van der Waals surface area contributed by atoms with Gasteiger partial charge in [0.1, 0.15) is 18.1 Å². The van der Waals surface area contributed by atoms with E-state index in [0.717, 1.165) is 0 Å². The number of nitrogens with two attached hydrogens (primary N) is 1. The van der Waals surface area contributed by atoms with E-state index in [1.165, 1.54) is 0 Å². The highest BCUT2D eigenvalue weighted by molar-refractivity contribution is 7.80. The first-order valence-electron chi connectivity index (χ1n) is 9.11. The van der Waals surface area contributed by atoms with Crippen LogP contribution in [0.15, 0.2) is 0 Å². The van der Waals surface area contributed by atoms with Gasteiger partial charge in [0.2, 0.25) is 17.7 Å². The average Bonchev–Trinajstić information content (AvgIpc) is 2.65. The third-order valence-electron chi connectivity index (χ3n) is 4.42. The topological polar surface area (TPSA) is 171 Å². The predicted molar refractivity (Wildman–Crippen MR) is 107 cm³/mol. The molecule has 11 heteroatoms. The number of aliphatic hydroxyl groups excluding tert-OH is 1. The summed E-state index contributed by atoms with van der Waals surface area (Å²) in [6.07, 6.45) is 0.660. The van der Waals surface area contributed by atoms with Gasteiger partial charge < -0.3 is 31.9 Å². The largest absolute Gasteiger partial charge is 0.480 e. The van der Waals surface area contributed by atoms with Crippen molar-refractivity contribution in [1.82, 2.24) is 16.0 Å². The van der Waals surface area contributed by atoms with Crippen molar-refractivity contribution in [2.45, 2.75) is 58.3 Å². The Labute approximate surface area is 170 Å². The van der Waals surface area contributed by atoms with Gasteiger partial charge in [0, 0.05) is 5.75 Å². The minimum Gasteiger partial charge on any atom is -0.480 e. The second-order valence-electron chi connectivity index (χ2n) is 6.97. The number of aliphatic hydroxyl groups is 1.